The highest BCUT2D eigenvalue weighted by molar-refractivity contribution is 5.95. The summed E-state index contributed by atoms with van der Waals surface area (Å²) in [5.74, 6) is 0.504. The molecule has 0 radical (unpaired) electrons. The van der Waals surface area contributed by atoms with Gasteiger partial charge in [0.05, 0.1) is 0 Å². The third-order valence-electron chi connectivity index (χ3n) is 5.60. The Hall–Kier alpha value is -3.27. The predicted molar refractivity (Wildman–Crippen MR) is 122 cm³/mol. The number of aromatic nitrogens is 2. The van der Waals surface area contributed by atoms with Crippen molar-refractivity contribution in [3.8, 4) is 11.1 Å². The van der Waals surface area contributed by atoms with Gasteiger partial charge in [0.15, 0.2) is 0 Å². The zero-order valence-electron chi connectivity index (χ0n) is 17.4. The molecule has 4 nitrogen and oxygen atoms in total. The fourth-order valence-corrected chi connectivity index (χ4v) is 3.90. The van der Waals surface area contributed by atoms with Crippen molar-refractivity contribution in [3.05, 3.63) is 88.0 Å². The van der Waals surface area contributed by atoms with E-state index in [1.807, 2.05) is 25.5 Å². The Morgan fingerprint density at radius 2 is 1.90 bits per heavy atom. The molecule has 0 aliphatic rings. The third kappa shape index (κ3) is 3.58. The van der Waals surface area contributed by atoms with Gasteiger partial charge < -0.3 is 14.9 Å². The first-order valence-corrected chi connectivity index (χ1v) is 10.0. The lowest BCUT2D eigenvalue weighted by molar-refractivity contribution is 0.863. The molecule has 0 spiro atoms. The van der Waals surface area contributed by atoms with Crippen LogP contribution in [-0.4, -0.2) is 16.6 Å². The van der Waals surface area contributed by atoms with Crippen molar-refractivity contribution in [2.75, 3.05) is 12.4 Å². The zero-order valence-corrected chi connectivity index (χ0v) is 17.4. The van der Waals surface area contributed by atoms with Gasteiger partial charge in [-0.1, -0.05) is 44.2 Å². The van der Waals surface area contributed by atoms with Crippen LogP contribution < -0.4 is 10.9 Å². The number of nitrogens with one attached hydrogen (secondary N) is 2. The summed E-state index contributed by atoms with van der Waals surface area (Å²) in [7, 11) is 3.73. The van der Waals surface area contributed by atoms with Gasteiger partial charge in [0, 0.05) is 43.1 Å². The first kappa shape index (κ1) is 19.1. The van der Waals surface area contributed by atoms with Crippen molar-refractivity contribution in [1.82, 2.24) is 9.55 Å². The van der Waals surface area contributed by atoms with Gasteiger partial charge in [0.2, 0.25) is 0 Å². The van der Waals surface area contributed by atoms with Gasteiger partial charge in [-0.25, -0.2) is 0 Å². The largest absolute Gasteiger partial charge is 0.388 e. The molecule has 0 amide bonds. The second-order valence-electron chi connectivity index (χ2n) is 7.92. The van der Waals surface area contributed by atoms with Crippen LogP contribution in [0.5, 0.6) is 0 Å². The molecule has 148 valence electrons. The Morgan fingerprint density at radius 1 is 1.07 bits per heavy atom. The van der Waals surface area contributed by atoms with Crippen LogP contribution in [0.1, 0.15) is 36.5 Å². The van der Waals surface area contributed by atoms with Gasteiger partial charge in [-0.2, -0.15) is 0 Å². The lowest BCUT2D eigenvalue weighted by Crippen LogP contribution is -2.16. The van der Waals surface area contributed by atoms with E-state index in [0.717, 1.165) is 28.6 Å². The van der Waals surface area contributed by atoms with Crippen LogP contribution >= 0.6 is 0 Å². The van der Waals surface area contributed by atoms with E-state index in [1.165, 1.54) is 16.7 Å². The smallest absolute Gasteiger partial charge is 0.274 e. The first-order chi connectivity index (χ1) is 14.0. The van der Waals surface area contributed by atoms with E-state index in [9.17, 15) is 4.79 Å². The van der Waals surface area contributed by atoms with Crippen LogP contribution in [0.25, 0.3) is 22.0 Å². The Morgan fingerprint density at radius 3 is 2.66 bits per heavy atom. The number of aromatic amines is 1. The van der Waals surface area contributed by atoms with Gasteiger partial charge >= 0.3 is 0 Å². The van der Waals surface area contributed by atoms with Gasteiger partial charge in [-0.3, -0.25) is 4.79 Å². The fraction of sp³-hybridized carbons (Fsp3) is 0.240. The van der Waals surface area contributed by atoms with Crippen molar-refractivity contribution in [1.29, 1.82) is 0 Å². The van der Waals surface area contributed by atoms with Crippen LogP contribution in [0.15, 0.2) is 65.7 Å². The number of aryl methyl sites for hydroxylation is 1. The monoisotopic (exact) mass is 385 g/mol. The summed E-state index contributed by atoms with van der Waals surface area (Å²) in [5, 5.41) is 4.20. The second kappa shape index (κ2) is 7.63. The minimum Gasteiger partial charge on any atom is -0.388 e. The third-order valence-corrected chi connectivity index (χ3v) is 5.60. The molecule has 0 saturated heterocycles. The Labute approximate surface area is 171 Å². The molecule has 4 heteroatoms. The molecular weight excluding hydrogens is 358 g/mol. The summed E-state index contributed by atoms with van der Waals surface area (Å²) in [6, 6.07) is 17.3. The van der Waals surface area contributed by atoms with Crippen molar-refractivity contribution in [2.45, 2.75) is 26.2 Å². The molecular formula is C25H27N3O. The van der Waals surface area contributed by atoms with E-state index in [0.29, 0.717) is 11.4 Å². The van der Waals surface area contributed by atoms with Crippen LogP contribution in [-0.2, 0) is 13.5 Å². The van der Waals surface area contributed by atoms with Crippen LogP contribution in [0.3, 0.4) is 0 Å². The van der Waals surface area contributed by atoms with E-state index in [4.69, 9.17) is 0 Å². The summed E-state index contributed by atoms with van der Waals surface area (Å²) in [6.45, 7) is 4.44. The summed E-state index contributed by atoms with van der Waals surface area (Å²) >= 11 is 0. The van der Waals surface area contributed by atoms with E-state index >= 15 is 0 Å². The number of benzene rings is 2. The van der Waals surface area contributed by atoms with E-state index in [1.54, 1.807) is 11.6 Å². The summed E-state index contributed by atoms with van der Waals surface area (Å²) in [6.07, 6.45) is 4.62. The van der Waals surface area contributed by atoms with E-state index in [2.05, 4.69) is 66.6 Å². The zero-order chi connectivity index (χ0) is 20.5. The van der Waals surface area contributed by atoms with Gasteiger partial charge in [-0.15, -0.1) is 0 Å². The normalized spacial score (nSPS) is 11.3. The highest BCUT2D eigenvalue weighted by Gasteiger charge is 2.14. The number of pyridine rings is 1. The van der Waals surface area contributed by atoms with Gasteiger partial charge in [-0.05, 0) is 52.8 Å². The quantitative estimate of drug-likeness (QED) is 0.490. The topological polar surface area (TPSA) is 49.8 Å². The van der Waals surface area contributed by atoms with Gasteiger partial charge in [0.25, 0.3) is 5.56 Å². The van der Waals surface area contributed by atoms with E-state index < -0.39 is 0 Å². The molecule has 0 atom stereocenters. The molecule has 0 fully saturated rings. The molecule has 2 heterocycles. The number of fused-ring (bicyclic) bond motifs is 1. The molecule has 0 aliphatic carbocycles. The summed E-state index contributed by atoms with van der Waals surface area (Å²) < 4.78 is 1.66. The fourth-order valence-electron chi connectivity index (χ4n) is 3.90. The van der Waals surface area contributed by atoms with E-state index in [-0.39, 0.29) is 5.56 Å². The number of H-pyrrole nitrogens is 1. The average molecular weight is 386 g/mol. The lowest BCUT2D eigenvalue weighted by atomic mass is 9.92. The lowest BCUT2D eigenvalue weighted by Gasteiger charge is -2.15. The number of hydrogen-bond donors (Lipinski definition) is 2. The van der Waals surface area contributed by atoms with Crippen LogP contribution in [0.2, 0.25) is 0 Å². The molecule has 29 heavy (non-hydrogen) atoms. The molecule has 2 aromatic carbocycles. The van der Waals surface area contributed by atoms with Crippen molar-refractivity contribution in [3.63, 3.8) is 0 Å². The highest BCUT2D eigenvalue weighted by atomic mass is 16.1. The summed E-state index contributed by atoms with van der Waals surface area (Å²) in [4.78, 5) is 15.6. The number of anilines is 1. The average Bonchev–Trinajstić information content (AvgIpc) is 3.21. The summed E-state index contributed by atoms with van der Waals surface area (Å²) in [5.41, 5.74) is 7.79. The molecule has 0 aliphatic heterocycles. The number of hydrogen-bond acceptors (Lipinski definition) is 2. The Kier molecular flexibility index (Phi) is 5.01. The molecule has 2 aromatic heterocycles. The predicted octanol–water partition coefficient (Wildman–Crippen LogP) is 5.29. The molecule has 2 N–H and O–H groups in total. The van der Waals surface area contributed by atoms with Crippen molar-refractivity contribution < 1.29 is 0 Å². The Bertz CT molecular complexity index is 1230. The van der Waals surface area contributed by atoms with Crippen molar-refractivity contribution >= 4 is 16.6 Å². The SMILES string of the molecule is CNc1ccc(Cc2cccc(C(C)C)c2)c(-c2cn(C)c(=O)c3[nH]ccc23)c1. The molecule has 0 bridgehead atoms. The minimum absolute atomic E-state index is 0.00953. The van der Waals surface area contributed by atoms with Gasteiger partial charge in [0.1, 0.15) is 5.52 Å². The second-order valence-corrected chi connectivity index (χ2v) is 7.92. The van der Waals surface area contributed by atoms with Crippen LogP contribution in [0, 0.1) is 0 Å². The minimum atomic E-state index is -0.00953. The molecule has 0 unspecified atom stereocenters. The highest BCUT2D eigenvalue weighted by Crippen LogP contribution is 2.33. The first-order valence-electron chi connectivity index (χ1n) is 10.0. The maximum atomic E-state index is 12.5. The Balaban J connectivity index is 1.88. The van der Waals surface area contributed by atoms with Crippen LogP contribution in [0.4, 0.5) is 5.69 Å². The molecule has 4 aromatic rings. The number of nitrogens with zero attached hydrogens (tertiary/aromatic N) is 1. The maximum Gasteiger partial charge on any atom is 0.274 e. The standard InChI is InChI=1S/C25H27N3O/c1-16(2)18-7-5-6-17(12-18)13-19-8-9-20(26-3)14-22(19)23-15-28(4)25(29)24-21(23)10-11-27-24/h5-12,14-16,26-27H,13H2,1-4H3. The molecule has 4 rings (SSSR count). The molecule has 0 saturated carbocycles. The maximum absolute atomic E-state index is 12.5. The van der Waals surface area contributed by atoms with Crippen molar-refractivity contribution in [2.24, 2.45) is 7.05 Å². The number of rotatable bonds is 5.